The van der Waals surface area contributed by atoms with Crippen molar-refractivity contribution in [3.8, 4) is 5.75 Å². The Balaban J connectivity index is 1.91. The Bertz CT molecular complexity index is 830. The number of carbonyl (C=O) groups is 1. The summed E-state index contributed by atoms with van der Waals surface area (Å²) in [6.07, 6.45) is 1.08. The molecule has 24 heavy (non-hydrogen) atoms. The number of hydrogen-bond donors (Lipinski definition) is 2. The van der Waals surface area contributed by atoms with Crippen molar-refractivity contribution in [2.75, 3.05) is 22.9 Å². The predicted octanol–water partition coefficient (Wildman–Crippen LogP) is 2.69. The molecule has 0 heterocycles. The van der Waals surface area contributed by atoms with Crippen LogP contribution in [0, 0.1) is 13.8 Å². The van der Waals surface area contributed by atoms with Gasteiger partial charge in [-0.25, -0.2) is 8.42 Å². The summed E-state index contributed by atoms with van der Waals surface area (Å²) in [4.78, 5) is 11.9. The molecule has 2 rings (SSSR count). The molecule has 0 aromatic heterocycles. The average molecular weight is 348 g/mol. The highest BCUT2D eigenvalue weighted by Gasteiger charge is 2.07. The van der Waals surface area contributed by atoms with Crippen LogP contribution < -0.4 is 14.8 Å². The number of ether oxygens (including phenoxy) is 1. The Morgan fingerprint density at radius 3 is 2.29 bits per heavy atom. The normalized spacial score (nSPS) is 11.0. The zero-order chi connectivity index (χ0) is 17.7. The maximum Gasteiger partial charge on any atom is 0.262 e. The quantitative estimate of drug-likeness (QED) is 0.840. The molecular weight excluding hydrogens is 328 g/mol. The van der Waals surface area contributed by atoms with Crippen LogP contribution in [-0.4, -0.2) is 27.2 Å². The molecule has 0 aliphatic rings. The van der Waals surface area contributed by atoms with Crippen LogP contribution in [0.15, 0.2) is 42.5 Å². The SMILES string of the molecule is Cc1ccc(C)c(OCC(=O)Nc2ccc(NS(C)(=O)=O)cc2)c1. The van der Waals surface area contributed by atoms with Crippen molar-refractivity contribution < 1.29 is 17.9 Å². The van der Waals surface area contributed by atoms with Crippen LogP contribution in [-0.2, 0) is 14.8 Å². The van der Waals surface area contributed by atoms with Gasteiger partial charge in [-0.2, -0.15) is 0 Å². The van der Waals surface area contributed by atoms with Crippen LogP contribution in [0.2, 0.25) is 0 Å². The molecule has 1 amide bonds. The van der Waals surface area contributed by atoms with E-state index in [1.54, 1.807) is 24.3 Å². The molecular formula is C17H20N2O4S. The molecule has 2 N–H and O–H groups in total. The van der Waals surface area contributed by atoms with Gasteiger partial charge in [0.05, 0.1) is 6.26 Å². The Hall–Kier alpha value is -2.54. The molecule has 0 aliphatic carbocycles. The maximum absolute atomic E-state index is 11.9. The van der Waals surface area contributed by atoms with Crippen molar-refractivity contribution in [3.63, 3.8) is 0 Å². The van der Waals surface area contributed by atoms with Gasteiger partial charge in [0.2, 0.25) is 10.0 Å². The molecule has 0 atom stereocenters. The molecule has 2 aromatic rings. The van der Waals surface area contributed by atoms with Crippen LogP contribution in [0.3, 0.4) is 0 Å². The number of rotatable bonds is 6. The molecule has 0 saturated carbocycles. The van der Waals surface area contributed by atoms with Crippen LogP contribution in [0.5, 0.6) is 5.75 Å². The van der Waals surface area contributed by atoms with Crippen molar-refractivity contribution in [2.24, 2.45) is 0 Å². The monoisotopic (exact) mass is 348 g/mol. The molecule has 6 nitrogen and oxygen atoms in total. The molecule has 0 fully saturated rings. The lowest BCUT2D eigenvalue weighted by Gasteiger charge is -2.11. The Morgan fingerprint density at radius 1 is 1.04 bits per heavy atom. The zero-order valence-electron chi connectivity index (χ0n) is 13.8. The van der Waals surface area contributed by atoms with Crippen molar-refractivity contribution >= 4 is 27.3 Å². The third-order valence-electron chi connectivity index (χ3n) is 3.17. The third kappa shape index (κ3) is 5.58. The Kier molecular flexibility index (Phi) is 5.46. The number of sulfonamides is 1. The molecule has 7 heteroatoms. The molecule has 2 aromatic carbocycles. The summed E-state index contributed by atoms with van der Waals surface area (Å²) in [5.74, 6) is 0.387. The van der Waals surface area contributed by atoms with Crippen LogP contribution in [0.1, 0.15) is 11.1 Å². The van der Waals surface area contributed by atoms with E-state index in [-0.39, 0.29) is 12.5 Å². The zero-order valence-corrected chi connectivity index (χ0v) is 14.6. The summed E-state index contributed by atoms with van der Waals surface area (Å²) in [5, 5.41) is 2.70. The van der Waals surface area contributed by atoms with Gasteiger partial charge < -0.3 is 10.1 Å². The number of amides is 1. The summed E-state index contributed by atoms with van der Waals surface area (Å²) < 4.78 is 30.2. The number of benzene rings is 2. The van der Waals surface area contributed by atoms with Crippen molar-refractivity contribution in [3.05, 3.63) is 53.6 Å². The molecule has 0 spiro atoms. The number of carbonyl (C=O) groups excluding carboxylic acids is 1. The van der Waals surface area contributed by atoms with Crippen LogP contribution in [0.4, 0.5) is 11.4 Å². The number of nitrogens with one attached hydrogen (secondary N) is 2. The average Bonchev–Trinajstić information content (AvgIpc) is 2.49. The molecule has 0 aliphatic heterocycles. The number of anilines is 2. The topological polar surface area (TPSA) is 84.5 Å². The molecule has 0 unspecified atom stereocenters. The van der Waals surface area contributed by atoms with Gasteiger partial charge in [-0.15, -0.1) is 0 Å². The lowest BCUT2D eigenvalue weighted by molar-refractivity contribution is -0.118. The van der Waals surface area contributed by atoms with E-state index in [1.807, 2.05) is 32.0 Å². The van der Waals surface area contributed by atoms with E-state index in [4.69, 9.17) is 4.74 Å². The van der Waals surface area contributed by atoms with E-state index in [9.17, 15) is 13.2 Å². The first-order chi connectivity index (χ1) is 11.2. The van der Waals surface area contributed by atoms with Crippen molar-refractivity contribution in [1.29, 1.82) is 0 Å². The first-order valence-electron chi connectivity index (χ1n) is 7.31. The lowest BCUT2D eigenvalue weighted by atomic mass is 10.1. The fourth-order valence-corrected chi connectivity index (χ4v) is 2.60. The number of hydrogen-bond acceptors (Lipinski definition) is 4. The summed E-state index contributed by atoms with van der Waals surface area (Å²) in [5.41, 5.74) is 3.01. The van der Waals surface area contributed by atoms with Gasteiger partial charge in [0, 0.05) is 11.4 Å². The summed E-state index contributed by atoms with van der Waals surface area (Å²) >= 11 is 0. The standard InChI is InChI=1S/C17H20N2O4S/c1-12-4-5-13(2)16(10-12)23-11-17(20)18-14-6-8-15(9-7-14)19-24(3,21)22/h4-10,19H,11H2,1-3H3,(H,18,20). The minimum Gasteiger partial charge on any atom is -0.483 e. The lowest BCUT2D eigenvalue weighted by Crippen LogP contribution is -2.20. The van der Waals surface area contributed by atoms with E-state index in [0.29, 0.717) is 17.1 Å². The largest absolute Gasteiger partial charge is 0.483 e. The van der Waals surface area contributed by atoms with E-state index >= 15 is 0 Å². The number of aryl methyl sites for hydroxylation is 2. The van der Waals surface area contributed by atoms with E-state index < -0.39 is 10.0 Å². The van der Waals surface area contributed by atoms with Crippen molar-refractivity contribution in [2.45, 2.75) is 13.8 Å². The van der Waals surface area contributed by atoms with Gasteiger partial charge in [0.1, 0.15) is 5.75 Å². The second-order valence-electron chi connectivity index (χ2n) is 5.56. The highest BCUT2D eigenvalue weighted by Crippen LogP contribution is 2.19. The van der Waals surface area contributed by atoms with Crippen LogP contribution in [0.25, 0.3) is 0 Å². The van der Waals surface area contributed by atoms with Crippen LogP contribution >= 0.6 is 0 Å². The second-order valence-corrected chi connectivity index (χ2v) is 7.31. The van der Waals surface area contributed by atoms with E-state index in [1.165, 1.54) is 0 Å². The van der Waals surface area contributed by atoms with Gasteiger partial charge in [0.25, 0.3) is 5.91 Å². The summed E-state index contributed by atoms with van der Waals surface area (Å²) in [7, 11) is -3.32. The minimum absolute atomic E-state index is 0.104. The fraction of sp³-hybridized carbons (Fsp3) is 0.235. The van der Waals surface area contributed by atoms with Crippen molar-refractivity contribution in [1.82, 2.24) is 0 Å². The Morgan fingerprint density at radius 2 is 1.67 bits per heavy atom. The highest BCUT2D eigenvalue weighted by atomic mass is 32.2. The minimum atomic E-state index is -3.32. The van der Waals surface area contributed by atoms with E-state index in [2.05, 4.69) is 10.0 Å². The van der Waals surface area contributed by atoms with Gasteiger partial charge in [-0.05, 0) is 55.3 Å². The first-order valence-corrected chi connectivity index (χ1v) is 9.20. The second kappa shape index (κ2) is 7.35. The molecule has 0 bridgehead atoms. The van der Waals surface area contributed by atoms with Gasteiger partial charge in [-0.3, -0.25) is 9.52 Å². The molecule has 0 saturated heterocycles. The Labute approximate surface area is 141 Å². The van der Waals surface area contributed by atoms with E-state index in [0.717, 1.165) is 17.4 Å². The predicted molar refractivity (Wildman–Crippen MR) is 94.9 cm³/mol. The highest BCUT2D eigenvalue weighted by molar-refractivity contribution is 7.92. The first kappa shape index (κ1) is 17.8. The van der Waals surface area contributed by atoms with Gasteiger partial charge in [0.15, 0.2) is 6.61 Å². The third-order valence-corrected chi connectivity index (χ3v) is 3.78. The fourth-order valence-electron chi connectivity index (χ4n) is 2.04. The van der Waals surface area contributed by atoms with Gasteiger partial charge >= 0.3 is 0 Å². The summed E-state index contributed by atoms with van der Waals surface area (Å²) in [6.45, 7) is 3.77. The summed E-state index contributed by atoms with van der Waals surface area (Å²) in [6, 6.07) is 12.2. The molecule has 128 valence electrons. The molecule has 0 radical (unpaired) electrons. The maximum atomic E-state index is 11.9. The smallest absolute Gasteiger partial charge is 0.262 e. The van der Waals surface area contributed by atoms with Gasteiger partial charge in [-0.1, -0.05) is 12.1 Å².